The fraction of sp³-hybridized carbons (Fsp3) is 0.348. The van der Waals surface area contributed by atoms with Gasteiger partial charge in [0, 0.05) is 31.1 Å². The largest absolute Gasteiger partial charge is 0.379 e. The van der Waals surface area contributed by atoms with Crippen LogP contribution in [0, 0.1) is 0 Å². The van der Waals surface area contributed by atoms with Crippen molar-refractivity contribution in [3.8, 4) is 0 Å². The van der Waals surface area contributed by atoms with E-state index in [1.165, 1.54) is 5.01 Å². The van der Waals surface area contributed by atoms with Gasteiger partial charge in [0.05, 0.1) is 24.9 Å². The maximum Gasteiger partial charge on any atom is 0.267 e. The molecule has 0 radical (unpaired) electrons. The van der Waals surface area contributed by atoms with Crippen molar-refractivity contribution in [2.75, 3.05) is 37.9 Å². The Morgan fingerprint density at radius 2 is 1.81 bits per heavy atom. The lowest BCUT2D eigenvalue weighted by Gasteiger charge is -2.35. The number of ether oxygens (including phenoxy) is 1. The molecule has 0 aromatic heterocycles. The second-order valence-electron chi connectivity index (χ2n) is 7.77. The lowest BCUT2D eigenvalue weighted by atomic mass is 10.0. The number of carbonyl (C=O) groups is 2. The second-order valence-corrected chi connectivity index (χ2v) is 8.21. The Balaban J connectivity index is 1.48. The van der Waals surface area contributed by atoms with E-state index in [-0.39, 0.29) is 24.1 Å². The molecule has 2 aromatic rings. The molecule has 2 unspecified atom stereocenters. The molecule has 8 nitrogen and oxygen atoms in total. The van der Waals surface area contributed by atoms with E-state index in [2.05, 4.69) is 15.3 Å². The summed E-state index contributed by atoms with van der Waals surface area (Å²) in [5, 5.41) is 9.61. The van der Waals surface area contributed by atoms with Crippen LogP contribution in [0.5, 0.6) is 0 Å². The normalized spacial score (nSPS) is 20.0. The van der Waals surface area contributed by atoms with E-state index in [0.29, 0.717) is 30.5 Å². The van der Waals surface area contributed by atoms with E-state index in [1.807, 2.05) is 54.6 Å². The van der Waals surface area contributed by atoms with Gasteiger partial charge in [-0.25, -0.2) is 0 Å². The van der Waals surface area contributed by atoms with Crippen molar-refractivity contribution in [1.82, 2.24) is 10.2 Å². The van der Waals surface area contributed by atoms with Crippen molar-refractivity contribution >= 4 is 34.8 Å². The number of hydrogen-bond acceptors (Lipinski definition) is 6. The monoisotopic (exact) mass is 455 g/mol. The highest BCUT2D eigenvalue weighted by molar-refractivity contribution is 6.40. The van der Waals surface area contributed by atoms with E-state index < -0.39 is 11.9 Å². The summed E-state index contributed by atoms with van der Waals surface area (Å²) in [6, 6.07) is 16.2. The van der Waals surface area contributed by atoms with E-state index in [4.69, 9.17) is 22.1 Å². The average Bonchev–Trinajstić information content (AvgIpc) is 3.28. The molecule has 1 saturated heterocycles. The number of nitrogens with one attached hydrogen (secondary N) is 1. The lowest BCUT2D eigenvalue weighted by molar-refractivity contribution is -0.119. The maximum atomic E-state index is 13.0. The number of hydrazone groups is 1. The zero-order valence-corrected chi connectivity index (χ0v) is 18.4. The molecule has 2 aliphatic heterocycles. The molecule has 168 valence electrons. The van der Waals surface area contributed by atoms with Crippen LogP contribution in [0.3, 0.4) is 0 Å². The first-order valence-corrected chi connectivity index (χ1v) is 11.0. The van der Waals surface area contributed by atoms with Crippen LogP contribution in [-0.4, -0.2) is 61.3 Å². The molecule has 2 heterocycles. The van der Waals surface area contributed by atoms with Gasteiger partial charge >= 0.3 is 0 Å². The fourth-order valence-electron chi connectivity index (χ4n) is 4.01. The Bertz CT molecular complexity index is 977. The van der Waals surface area contributed by atoms with E-state index in [1.54, 1.807) is 0 Å². The summed E-state index contributed by atoms with van der Waals surface area (Å²) in [7, 11) is 0. The molecule has 2 atom stereocenters. The molecular weight excluding hydrogens is 430 g/mol. The zero-order valence-electron chi connectivity index (χ0n) is 17.6. The van der Waals surface area contributed by atoms with Gasteiger partial charge in [-0.15, -0.1) is 0 Å². The van der Waals surface area contributed by atoms with Crippen molar-refractivity contribution in [2.24, 2.45) is 10.8 Å². The third kappa shape index (κ3) is 5.09. The first-order chi connectivity index (χ1) is 15.5. The molecule has 3 N–H and O–H groups in total. The number of anilines is 1. The maximum absolute atomic E-state index is 13.0. The van der Waals surface area contributed by atoms with Crippen LogP contribution in [0.1, 0.15) is 18.0 Å². The number of para-hydroxylation sites is 1. The van der Waals surface area contributed by atoms with Gasteiger partial charge in [-0.05, 0) is 29.8 Å². The third-order valence-electron chi connectivity index (χ3n) is 5.72. The Kier molecular flexibility index (Phi) is 7.04. The van der Waals surface area contributed by atoms with E-state index in [0.717, 1.165) is 18.7 Å². The van der Waals surface area contributed by atoms with Crippen molar-refractivity contribution in [1.29, 1.82) is 0 Å². The van der Waals surface area contributed by atoms with Gasteiger partial charge in [-0.3, -0.25) is 19.5 Å². The molecule has 0 bridgehead atoms. The summed E-state index contributed by atoms with van der Waals surface area (Å²) in [6.07, 6.45) is 0.166. The number of halogens is 1. The molecule has 2 aliphatic rings. The minimum Gasteiger partial charge on any atom is -0.379 e. The van der Waals surface area contributed by atoms with Gasteiger partial charge in [0.1, 0.15) is 11.8 Å². The predicted molar refractivity (Wildman–Crippen MR) is 124 cm³/mol. The summed E-state index contributed by atoms with van der Waals surface area (Å²) in [6.45, 7) is 3.24. The Hall–Kier alpha value is -2.94. The standard InChI is InChI=1S/C23H26ClN5O3/c24-17-8-6-16(7-9-17)21(28-10-12-32-13-11-28)15-26-23(31)19-14-20(22(25)30)29(27-19)18-4-2-1-3-5-18/h1-9,20-21H,10-15H2,(H2,25,30)(H,26,31). The Morgan fingerprint density at radius 3 is 2.47 bits per heavy atom. The molecule has 4 rings (SSSR count). The number of morpholine rings is 1. The number of primary amides is 1. The third-order valence-corrected chi connectivity index (χ3v) is 5.97. The van der Waals surface area contributed by atoms with Gasteiger partial charge in [0.2, 0.25) is 5.91 Å². The average molecular weight is 456 g/mol. The van der Waals surface area contributed by atoms with Gasteiger partial charge in [0.25, 0.3) is 5.91 Å². The smallest absolute Gasteiger partial charge is 0.267 e. The van der Waals surface area contributed by atoms with Crippen LogP contribution in [0.25, 0.3) is 0 Å². The van der Waals surface area contributed by atoms with Crippen LogP contribution in [0.15, 0.2) is 59.7 Å². The van der Waals surface area contributed by atoms with Crippen molar-refractivity contribution < 1.29 is 14.3 Å². The lowest BCUT2D eigenvalue weighted by Crippen LogP contribution is -2.45. The van der Waals surface area contributed by atoms with Crippen LogP contribution >= 0.6 is 11.6 Å². The molecule has 2 aromatic carbocycles. The molecular formula is C23H26ClN5O3. The van der Waals surface area contributed by atoms with Crippen LogP contribution in [-0.2, 0) is 14.3 Å². The van der Waals surface area contributed by atoms with Crippen molar-refractivity contribution in [3.05, 3.63) is 65.2 Å². The van der Waals surface area contributed by atoms with Gasteiger partial charge in [0.15, 0.2) is 0 Å². The van der Waals surface area contributed by atoms with Crippen LogP contribution < -0.4 is 16.1 Å². The topological polar surface area (TPSA) is 100 Å². The molecule has 9 heteroatoms. The summed E-state index contributed by atoms with van der Waals surface area (Å²) >= 11 is 6.06. The highest BCUT2D eigenvalue weighted by atomic mass is 35.5. The van der Waals surface area contributed by atoms with Gasteiger partial charge in [-0.1, -0.05) is 41.9 Å². The molecule has 0 aliphatic carbocycles. The number of hydrogen-bond donors (Lipinski definition) is 2. The van der Waals surface area contributed by atoms with E-state index in [9.17, 15) is 9.59 Å². The molecule has 0 saturated carbocycles. The number of benzene rings is 2. The minimum atomic E-state index is -0.690. The number of amides is 2. The van der Waals surface area contributed by atoms with E-state index >= 15 is 0 Å². The Morgan fingerprint density at radius 1 is 1.12 bits per heavy atom. The summed E-state index contributed by atoms with van der Waals surface area (Å²) in [5.41, 5.74) is 7.64. The first kappa shape index (κ1) is 22.3. The van der Waals surface area contributed by atoms with Gasteiger partial charge in [-0.2, -0.15) is 5.10 Å². The van der Waals surface area contributed by atoms with Crippen molar-refractivity contribution in [2.45, 2.75) is 18.5 Å². The number of nitrogens with zero attached hydrogens (tertiary/aromatic N) is 3. The molecule has 0 spiro atoms. The van der Waals surface area contributed by atoms with Crippen molar-refractivity contribution in [3.63, 3.8) is 0 Å². The highest BCUT2D eigenvalue weighted by Crippen LogP contribution is 2.25. The quantitative estimate of drug-likeness (QED) is 0.664. The van der Waals surface area contributed by atoms with Gasteiger partial charge < -0.3 is 15.8 Å². The SMILES string of the molecule is NC(=O)C1CC(C(=O)NCC(c2ccc(Cl)cc2)N2CCOCC2)=NN1c1ccccc1. The fourth-order valence-corrected chi connectivity index (χ4v) is 4.14. The summed E-state index contributed by atoms with van der Waals surface area (Å²) in [5.74, 6) is -0.824. The second kappa shape index (κ2) is 10.1. The first-order valence-electron chi connectivity index (χ1n) is 10.6. The molecule has 2 amide bonds. The number of nitrogens with two attached hydrogens (primary N) is 1. The summed E-state index contributed by atoms with van der Waals surface area (Å²) < 4.78 is 5.48. The van der Waals surface area contributed by atoms with Crippen LogP contribution in [0.2, 0.25) is 5.02 Å². The Labute approximate surface area is 192 Å². The number of rotatable bonds is 7. The zero-order chi connectivity index (χ0) is 22.5. The number of carbonyl (C=O) groups excluding carboxylic acids is 2. The summed E-state index contributed by atoms with van der Waals surface area (Å²) in [4.78, 5) is 27.2. The van der Waals surface area contributed by atoms with Crippen LogP contribution in [0.4, 0.5) is 5.69 Å². The molecule has 1 fully saturated rings. The minimum absolute atomic E-state index is 0.0284. The molecule has 32 heavy (non-hydrogen) atoms. The predicted octanol–water partition coefficient (Wildman–Crippen LogP) is 1.95. The highest BCUT2D eigenvalue weighted by Gasteiger charge is 2.35.